The number of amides is 1. The number of thiazole rings is 1. The van der Waals surface area contributed by atoms with Crippen molar-refractivity contribution in [3.05, 3.63) is 52.8 Å². The molecule has 1 aliphatic heterocycles. The summed E-state index contributed by atoms with van der Waals surface area (Å²) in [4.78, 5) is 19.4. The molecule has 0 spiro atoms. The van der Waals surface area contributed by atoms with Crippen LogP contribution in [0.2, 0.25) is 5.02 Å². The number of aryl methyl sites for hydroxylation is 2. The van der Waals surface area contributed by atoms with Crippen LogP contribution in [0.25, 0.3) is 16.0 Å². The Kier molecular flexibility index (Phi) is 5.52. The summed E-state index contributed by atoms with van der Waals surface area (Å²) in [6.45, 7) is 5.45. The number of hydrogen-bond acceptors (Lipinski definition) is 7. The van der Waals surface area contributed by atoms with Gasteiger partial charge in [-0.1, -0.05) is 22.9 Å². The van der Waals surface area contributed by atoms with Gasteiger partial charge in [-0.3, -0.25) is 4.79 Å². The average Bonchev–Trinajstić information content (AvgIpc) is 3.34. The van der Waals surface area contributed by atoms with Crippen LogP contribution < -0.4 is 10.2 Å². The van der Waals surface area contributed by atoms with Gasteiger partial charge in [0.1, 0.15) is 0 Å². The number of anilines is 2. The second-order valence-corrected chi connectivity index (χ2v) is 9.44. The first-order valence-corrected chi connectivity index (χ1v) is 11.6. The topological polar surface area (TPSA) is 88.8 Å². The molecule has 164 valence electrons. The lowest BCUT2D eigenvalue weighted by molar-refractivity contribution is -0.120. The highest BCUT2D eigenvalue weighted by Gasteiger charge is 2.26. The minimum absolute atomic E-state index is 0.0146. The Balaban J connectivity index is 1.20. The van der Waals surface area contributed by atoms with E-state index in [2.05, 4.69) is 30.5 Å². The van der Waals surface area contributed by atoms with E-state index in [9.17, 15) is 4.79 Å². The smallest absolute Gasteiger partial charge is 0.229 e. The molecule has 5 rings (SSSR count). The number of piperidine rings is 1. The number of aromatic nitrogens is 5. The van der Waals surface area contributed by atoms with Gasteiger partial charge in [0.25, 0.3) is 0 Å². The predicted octanol–water partition coefficient (Wildman–Crippen LogP) is 4.40. The van der Waals surface area contributed by atoms with Gasteiger partial charge in [0.15, 0.2) is 16.8 Å². The van der Waals surface area contributed by atoms with Gasteiger partial charge in [-0.05, 0) is 63.1 Å². The lowest BCUT2D eigenvalue weighted by Gasteiger charge is -2.31. The Morgan fingerprint density at radius 2 is 1.84 bits per heavy atom. The van der Waals surface area contributed by atoms with Crippen molar-refractivity contribution in [2.75, 3.05) is 23.3 Å². The number of halogens is 1. The molecule has 3 aromatic heterocycles. The van der Waals surface area contributed by atoms with Crippen LogP contribution in [0.1, 0.15) is 24.2 Å². The minimum atomic E-state index is -0.0521. The SMILES string of the molecule is Cc1cc(C)n(-c2ccc(N3CCC(C(=O)Nc4nc5ccc(Cl)cc5s4)CC3)nn2)n1. The third kappa shape index (κ3) is 4.18. The van der Waals surface area contributed by atoms with E-state index in [0.29, 0.717) is 16.0 Å². The van der Waals surface area contributed by atoms with Crippen LogP contribution in [0.3, 0.4) is 0 Å². The molecule has 4 aromatic rings. The number of rotatable bonds is 4. The van der Waals surface area contributed by atoms with Crippen LogP contribution >= 0.6 is 22.9 Å². The summed E-state index contributed by atoms with van der Waals surface area (Å²) in [5.74, 6) is 1.48. The van der Waals surface area contributed by atoms with E-state index in [0.717, 1.165) is 53.4 Å². The highest BCUT2D eigenvalue weighted by Crippen LogP contribution is 2.29. The zero-order valence-electron chi connectivity index (χ0n) is 17.7. The second-order valence-electron chi connectivity index (χ2n) is 7.97. The van der Waals surface area contributed by atoms with E-state index >= 15 is 0 Å². The molecule has 1 saturated heterocycles. The molecule has 0 unspecified atom stereocenters. The van der Waals surface area contributed by atoms with Crippen LogP contribution in [0.5, 0.6) is 0 Å². The number of hydrogen-bond donors (Lipinski definition) is 1. The maximum atomic E-state index is 12.8. The molecular weight excluding hydrogens is 446 g/mol. The van der Waals surface area contributed by atoms with Gasteiger partial charge in [0.05, 0.1) is 15.9 Å². The number of carbonyl (C=O) groups excluding carboxylic acids is 1. The van der Waals surface area contributed by atoms with Gasteiger partial charge in [-0.25, -0.2) is 9.67 Å². The lowest BCUT2D eigenvalue weighted by atomic mass is 9.96. The third-order valence-electron chi connectivity index (χ3n) is 5.63. The fourth-order valence-electron chi connectivity index (χ4n) is 3.99. The van der Waals surface area contributed by atoms with E-state index in [-0.39, 0.29) is 11.8 Å². The van der Waals surface area contributed by atoms with E-state index in [4.69, 9.17) is 11.6 Å². The molecule has 0 bridgehead atoms. The molecule has 10 heteroatoms. The molecule has 4 heterocycles. The van der Waals surface area contributed by atoms with Crippen molar-refractivity contribution in [2.45, 2.75) is 26.7 Å². The van der Waals surface area contributed by atoms with Crippen molar-refractivity contribution in [3.63, 3.8) is 0 Å². The largest absolute Gasteiger partial charge is 0.355 e. The Bertz CT molecular complexity index is 1280. The van der Waals surface area contributed by atoms with Crippen LogP contribution in [0.4, 0.5) is 10.9 Å². The summed E-state index contributed by atoms with van der Waals surface area (Å²) >= 11 is 7.48. The zero-order chi connectivity index (χ0) is 22.2. The van der Waals surface area contributed by atoms with Gasteiger partial charge in [-0.15, -0.1) is 10.2 Å². The number of nitrogens with one attached hydrogen (secondary N) is 1. The minimum Gasteiger partial charge on any atom is -0.355 e. The number of carbonyl (C=O) groups is 1. The molecular formula is C22H22ClN7OS. The lowest BCUT2D eigenvalue weighted by Crippen LogP contribution is -2.38. The Morgan fingerprint density at radius 1 is 1.09 bits per heavy atom. The molecule has 8 nitrogen and oxygen atoms in total. The summed E-state index contributed by atoms with van der Waals surface area (Å²) in [7, 11) is 0. The van der Waals surface area contributed by atoms with Crippen molar-refractivity contribution in [1.29, 1.82) is 0 Å². The van der Waals surface area contributed by atoms with Gasteiger partial charge >= 0.3 is 0 Å². The van der Waals surface area contributed by atoms with Gasteiger partial charge in [-0.2, -0.15) is 5.10 Å². The first-order chi connectivity index (χ1) is 15.5. The van der Waals surface area contributed by atoms with E-state index in [1.165, 1.54) is 11.3 Å². The molecule has 0 aliphatic carbocycles. The Morgan fingerprint density at radius 3 is 2.53 bits per heavy atom. The van der Waals surface area contributed by atoms with Gasteiger partial charge in [0.2, 0.25) is 5.91 Å². The van der Waals surface area contributed by atoms with Crippen molar-refractivity contribution < 1.29 is 4.79 Å². The summed E-state index contributed by atoms with van der Waals surface area (Å²) in [6, 6.07) is 11.4. The highest BCUT2D eigenvalue weighted by molar-refractivity contribution is 7.22. The highest BCUT2D eigenvalue weighted by atomic mass is 35.5. The number of benzene rings is 1. The van der Waals surface area contributed by atoms with Crippen LogP contribution in [0.15, 0.2) is 36.4 Å². The average molecular weight is 468 g/mol. The molecule has 32 heavy (non-hydrogen) atoms. The Labute approximate surface area is 194 Å². The second kappa shape index (κ2) is 8.48. The van der Waals surface area contributed by atoms with Gasteiger partial charge < -0.3 is 10.2 Å². The normalized spacial score (nSPS) is 14.8. The summed E-state index contributed by atoms with van der Waals surface area (Å²) < 4.78 is 2.75. The molecule has 0 radical (unpaired) electrons. The van der Waals surface area contributed by atoms with Crippen molar-refractivity contribution >= 4 is 50.0 Å². The fraction of sp³-hybridized carbons (Fsp3) is 0.318. The quantitative estimate of drug-likeness (QED) is 0.478. The van der Waals surface area contributed by atoms with Crippen LogP contribution in [-0.2, 0) is 4.79 Å². The molecule has 1 aliphatic rings. The standard InChI is InChI=1S/C22H22ClN7OS/c1-13-11-14(2)30(28-13)20-6-5-19(26-27-20)29-9-7-15(8-10-29)21(31)25-22-24-17-4-3-16(23)12-18(17)32-22/h3-6,11-12,15H,7-10H2,1-2H3,(H,24,25,31). The monoisotopic (exact) mass is 467 g/mol. The fourth-order valence-corrected chi connectivity index (χ4v) is 5.14. The molecule has 1 amide bonds. The molecule has 1 aromatic carbocycles. The molecule has 1 fully saturated rings. The van der Waals surface area contributed by atoms with E-state index in [1.807, 2.05) is 44.2 Å². The first-order valence-electron chi connectivity index (χ1n) is 10.5. The first kappa shape index (κ1) is 20.8. The number of fused-ring (bicyclic) bond motifs is 1. The van der Waals surface area contributed by atoms with Crippen molar-refractivity contribution in [3.8, 4) is 5.82 Å². The Hall–Kier alpha value is -3.04. The van der Waals surface area contributed by atoms with Crippen LogP contribution in [-0.4, -0.2) is 44.0 Å². The summed E-state index contributed by atoms with van der Waals surface area (Å²) in [6.07, 6.45) is 1.51. The van der Waals surface area contributed by atoms with E-state index < -0.39 is 0 Å². The molecule has 0 saturated carbocycles. The molecule has 1 N–H and O–H groups in total. The molecule has 0 atom stereocenters. The summed E-state index contributed by atoms with van der Waals surface area (Å²) in [5.41, 5.74) is 2.81. The van der Waals surface area contributed by atoms with Crippen molar-refractivity contribution in [2.24, 2.45) is 5.92 Å². The van der Waals surface area contributed by atoms with Gasteiger partial charge in [0, 0.05) is 29.7 Å². The third-order valence-corrected chi connectivity index (χ3v) is 6.80. The van der Waals surface area contributed by atoms with E-state index in [1.54, 1.807) is 10.7 Å². The maximum absolute atomic E-state index is 12.8. The zero-order valence-corrected chi connectivity index (χ0v) is 19.3. The maximum Gasteiger partial charge on any atom is 0.229 e. The predicted molar refractivity (Wildman–Crippen MR) is 127 cm³/mol. The summed E-state index contributed by atoms with van der Waals surface area (Å²) in [5, 5.41) is 17.4. The number of nitrogens with zero attached hydrogens (tertiary/aromatic N) is 6. The van der Waals surface area contributed by atoms with Crippen molar-refractivity contribution in [1.82, 2.24) is 25.0 Å². The van der Waals surface area contributed by atoms with Crippen LogP contribution in [0, 0.1) is 19.8 Å².